The number of nitriles is 1. The van der Waals surface area contributed by atoms with Gasteiger partial charge in [-0.1, -0.05) is 0 Å². The third kappa shape index (κ3) is 2.95. The number of nitrogens with one attached hydrogen (secondary N) is 1. The lowest BCUT2D eigenvalue weighted by Crippen LogP contribution is -2.25. The van der Waals surface area contributed by atoms with Crippen LogP contribution >= 0.6 is 0 Å². The molecule has 0 aromatic heterocycles. The van der Waals surface area contributed by atoms with Crippen LogP contribution in [0.1, 0.15) is 16.8 Å². The molecule has 0 fully saturated rings. The van der Waals surface area contributed by atoms with Crippen LogP contribution in [0.2, 0.25) is 0 Å². The Morgan fingerprint density at radius 1 is 1.62 bits per heavy atom. The standard InChI is InChI=1S/C11H11FN2O2/c1-16-8-3-4-9(10(12)7-8)11(15)14-6-2-5-13/h3-4,7H,2,6H2,1H3,(H,14,15). The van der Waals surface area contributed by atoms with Crippen LogP contribution in [-0.2, 0) is 0 Å². The van der Waals surface area contributed by atoms with Crippen LogP contribution < -0.4 is 10.1 Å². The quantitative estimate of drug-likeness (QED) is 0.785. The van der Waals surface area contributed by atoms with Gasteiger partial charge in [0.25, 0.3) is 5.91 Å². The molecule has 0 saturated carbocycles. The first-order chi connectivity index (χ1) is 7.69. The van der Waals surface area contributed by atoms with E-state index in [0.29, 0.717) is 5.75 Å². The van der Waals surface area contributed by atoms with E-state index >= 15 is 0 Å². The van der Waals surface area contributed by atoms with Crippen LogP contribution in [0, 0.1) is 17.1 Å². The summed E-state index contributed by atoms with van der Waals surface area (Å²) >= 11 is 0. The van der Waals surface area contributed by atoms with Crippen molar-refractivity contribution in [3.63, 3.8) is 0 Å². The maximum atomic E-state index is 13.4. The average Bonchev–Trinajstić information content (AvgIpc) is 2.29. The minimum Gasteiger partial charge on any atom is -0.497 e. The number of rotatable bonds is 4. The van der Waals surface area contributed by atoms with Crippen LogP contribution in [-0.4, -0.2) is 19.6 Å². The number of benzene rings is 1. The maximum absolute atomic E-state index is 13.4. The number of hydrogen-bond donors (Lipinski definition) is 1. The second-order valence-electron chi connectivity index (χ2n) is 3.01. The molecule has 0 radical (unpaired) electrons. The summed E-state index contributed by atoms with van der Waals surface area (Å²) in [6.45, 7) is 0.209. The molecule has 1 amide bonds. The highest BCUT2D eigenvalue weighted by molar-refractivity contribution is 5.94. The second-order valence-corrected chi connectivity index (χ2v) is 3.01. The summed E-state index contributed by atoms with van der Waals surface area (Å²) in [7, 11) is 1.42. The van der Waals surface area contributed by atoms with Crippen molar-refractivity contribution >= 4 is 5.91 Å². The van der Waals surface area contributed by atoms with Gasteiger partial charge in [-0.3, -0.25) is 4.79 Å². The van der Waals surface area contributed by atoms with Gasteiger partial charge in [0.05, 0.1) is 25.2 Å². The van der Waals surface area contributed by atoms with Gasteiger partial charge < -0.3 is 10.1 Å². The molecule has 1 rings (SSSR count). The normalized spacial score (nSPS) is 9.31. The smallest absolute Gasteiger partial charge is 0.254 e. The average molecular weight is 222 g/mol. The van der Waals surface area contributed by atoms with E-state index in [-0.39, 0.29) is 18.5 Å². The van der Waals surface area contributed by atoms with Gasteiger partial charge in [-0.2, -0.15) is 5.26 Å². The zero-order valence-electron chi connectivity index (χ0n) is 8.79. The van der Waals surface area contributed by atoms with E-state index in [4.69, 9.17) is 10.00 Å². The highest BCUT2D eigenvalue weighted by atomic mass is 19.1. The van der Waals surface area contributed by atoms with E-state index in [0.717, 1.165) is 6.07 Å². The first-order valence-corrected chi connectivity index (χ1v) is 4.67. The molecule has 0 aliphatic heterocycles. The molecule has 0 aliphatic rings. The molecule has 0 bridgehead atoms. The number of hydrogen-bond acceptors (Lipinski definition) is 3. The van der Waals surface area contributed by atoms with Crippen molar-refractivity contribution in [1.82, 2.24) is 5.32 Å². The molecular weight excluding hydrogens is 211 g/mol. The van der Waals surface area contributed by atoms with Crippen molar-refractivity contribution in [2.75, 3.05) is 13.7 Å². The van der Waals surface area contributed by atoms with Gasteiger partial charge in [-0.05, 0) is 12.1 Å². The molecule has 0 saturated heterocycles. The first kappa shape index (κ1) is 12.0. The van der Waals surface area contributed by atoms with Gasteiger partial charge >= 0.3 is 0 Å². The minimum atomic E-state index is -0.645. The Kier molecular flexibility index (Phi) is 4.28. The number of halogens is 1. The fraction of sp³-hybridized carbons (Fsp3) is 0.273. The van der Waals surface area contributed by atoms with Gasteiger partial charge in [0.1, 0.15) is 11.6 Å². The summed E-state index contributed by atoms with van der Waals surface area (Å²) in [5.74, 6) is -0.824. The number of nitrogens with zero attached hydrogens (tertiary/aromatic N) is 1. The van der Waals surface area contributed by atoms with Crippen molar-refractivity contribution in [1.29, 1.82) is 5.26 Å². The summed E-state index contributed by atoms with van der Waals surface area (Å²) < 4.78 is 18.2. The Hall–Kier alpha value is -2.09. The fourth-order valence-corrected chi connectivity index (χ4v) is 1.13. The van der Waals surface area contributed by atoms with Crippen molar-refractivity contribution < 1.29 is 13.9 Å². The summed E-state index contributed by atoms with van der Waals surface area (Å²) in [6.07, 6.45) is 0.198. The largest absolute Gasteiger partial charge is 0.497 e. The number of carbonyl (C=O) groups excluding carboxylic acids is 1. The second kappa shape index (κ2) is 5.71. The van der Waals surface area contributed by atoms with Crippen LogP contribution in [0.15, 0.2) is 18.2 Å². The molecule has 0 aliphatic carbocycles. The molecule has 16 heavy (non-hydrogen) atoms. The van der Waals surface area contributed by atoms with Gasteiger partial charge in [0, 0.05) is 12.6 Å². The molecule has 1 aromatic rings. The van der Waals surface area contributed by atoms with Crippen molar-refractivity contribution in [3.05, 3.63) is 29.6 Å². The minimum absolute atomic E-state index is 0.0567. The highest BCUT2D eigenvalue weighted by Crippen LogP contribution is 2.15. The van der Waals surface area contributed by atoms with Gasteiger partial charge in [0.2, 0.25) is 0 Å². The summed E-state index contributed by atoms with van der Waals surface area (Å²) in [5.41, 5.74) is -0.0567. The predicted octanol–water partition coefficient (Wildman–Crippen LogP) is 1.48. The number of ether oxygens (including phenoxy) is 1. The molecule has 1 aromatic carbocycles. The Balaban J connectivity index is 2.73. The van der Waals surface area contributed by atoms with E-state index in [1.165, 1.54) is 19.2 Å². The molecule has 0 unspecified atom stereocenters. The van der Waals surface area contributed by atoms with Gasteiger partial charge in [0.15, 0.2) is 0 Å². The molecule has 4 nitrogen and oxygen atoms in total. The van der Waals surface area contributed by atoms with E-state index in [1.54, 1.807) is 0 Å². The van der Waals surface area contributed by atoms with Crippen LogP contribution in [0.3, 0.4) is 0 Å². The Labute approximate surface area is 92.6 Å². The van der Waals surface area contributed by atoms with E-state index < -0.39 is 11.7 Å². The molecule has 0 heterocycles. The van der Waals surface area contributed by atoms with Crippen molar-refractivity contribution in [2.45, 2.75) is 6.42 Å². The van der Waals surface area contributed by atoms with Gasteiger partial charge in [-0.25, -0.2) is 4.39 Å². The maximum Gasteiger partial charge on any atom is 0.254 e. The molecular formula is C11H11FN2O2. The van der Waals surface area contributed by atoms with Crippen molar-refractivity contribution in [2.24, 2.45) is 0 Å². The van der Waals surface area contributed by atoms with Crippen LogP contribution in [0.25, 0.3) is 0 Å². The van der Waals surface area contributed by atoms with Gasteiger partial charge in [-0.15, -0.1) is 0 Å². The lowest BCUT2D eigenvalue weighted by molar-refractivity contribution is 0.0950. The zero-order valence-corrected chi connectivity index (χ0v) is 8.79. The number of carbonyl (C=O) groups is 1. The number of methoxy groups -OCH3 is 1. The first-order valence-electron chi connectivity index (χ1n) is 4.67. The lowest BCUT2D eigenvalue weighted by Gasteiger charge is -2.05. The van der Waals surface area contributed by atoms with E-state index in [1.807, 2.05) is 6.07 Å². The SMILES string of the molecule is COc1ccc(C(=O)NCCC#N)c(F)c1. The summed E-state index contributed by atoms with van der Waals surface area (Å²) in [5, 5.41) is 10.7. The molecule has 5 heteroatoms. The molecule has 1 N–H and O–H groups in total. The summed E-state index contributed by atoms with van der Waals surface area (Å²) in [6, 6.07) is 5.86. The Morgan fingerprint density at radius 2 is 2.38 bits per heavy atom. The fourth-order valence-electron chi connectivity index (χ4n) is 1.13. The third-order valence-electron chi connectivity index (χ3n) is 1.94. The Bertz CT molecular complexity index is 426. The van der Waals surface area contributed by atoms with Crippen LogP contribution in [0.4, 0.5) is 4.39 Å². The van der Waals surface area contributed by atoms with Crippen molar-refractivity contribution in [3.8, 4) is 11.8 Å². The van der Waals surface area contributed by atoms with E-state index in [9.17, 15) is 9.18 Å². The highest BCUT2D eigenvalue weighted by Gasteiger charge is 2.11. The molecule has 0 spiro atoms. The predicted molar refractivity (Wildman–Crippen MR) is 55.5 cm³/mol. The molecule has 0 atom stereocenters. The topological polar surface area (TPSA) is 62.1 Å². The monoisotopic (exact) mass is 222 g/mol. The van der Waals surface area contributed by atoms with Crippen LogP contribution in [0.5, 0.6) is 5.75 Å². The summed E-state index contributed by atoms with van der Waals surface area (Å²) in [4.78, 5) is 11.4. The molecule has 84 valence electrons. The third-order valence-corrected chi connectivity index (χ3v) is 1.94. The lowest BCUT2D eigenvalue weighted by atomic mass is 10.2. The van der Waals surface area contributed by atoms with E-state index in [2.05, 4.69) is 5.32 Å². The Morgan fingerprint density at radius 3 is 2.94 bits per heavy atom. The number of amides is 1. The zero-order chi connectivity index (χ0) is 12.0.